The fourth-order valence-electron chi connectivity index (χ4n) is 1.65. The molecule has 1 aliphatic carbocycles. The highest BCUT2D eigenvalue weighted by molar-refractivity contribution is 5.92. The van der Waals surface area contributed by atoms with Gasteiger partial charge >= 0.3 is 0 Å². The number of anilines is 1. The molecule has 1 amide bonds. The van der Waals surface area contributed by atoms with E-state index in [1.807, 2.05) is 20.8 Å². The van der Waals surface area contributed by atoms with Crippen LogP contribution in [-0.2, 0) is 4.79 Å². The minimum Gasteiger partial charge on any atom is -0.309 e. The molecule has 1 aliphatic rings. The van der Waals surface area contributed by atoms with Gasteiger partial charge < -0.3 is 5.32 Å². The zero-order valence-corrected chi connectivity index (χ0v) is 9.42. The number of aromatic amines is 1. The van der Waals surface area contributed by atoms with Crippen LogP contribution >= 0.6 is 0 Å². The number of hydrogen-bond acceptors (Lipinski definition) is 2. The molecule has 15 heavy (non-hydrogen) atoms. The fourth-order valence-corrected chi connectivity index (χ4v) is 1.65. The van der Waals surface area contributed by atoms with Crippen LogP contribution in [0.4, 0.5) is 5.82 Å². The van der Waals surface area contributed by atoms with Crippen molar-refractivity contribution in [3.05, 3.63) is 11.3 Å². The quantitative estimate of drug-likeness (QED) is 0.796. The average Bonchev–Trinajstić information content (AvgIpc) is 3.00. The molecule has 1 aromatic rings. The summed E-state index contributed by atoms with van der Waals surface area (Å²) in [7, 11) is 0. The van der Waals surface area contributed by atoms with Crippen molar-refractivity contribution in [3.8, 4) is 0 Å². The maximum Gasteiger partial charge on any atom is 0.228 e. The largest absolute Gasteiger partial charge is 0.309 e. The summed E-state index contributed by atoms with van der Waals surface area (Å²) in [5, 5.41) is 9.79. The van der Waals surface area contributed by atoms with Gasteiger partial charge in [-0.15, -0.1) is 0 Å². The normalized spacial score (nSPS) is 17.5. The van der Waals surface area contributed by atoms with E-state index < -0.39 is 0 Å². The fraction of sp³-hybridized carbons (Fsp3) is 0.636. The van der Waals surface area contributed by atoms with Crippen LogP contribution in [-0.4, -0.2) is 16.1 Å². The molecule has 0 aliphatic heterocycles. The Morgan fingerprint density at radius 3 is 2.67 bits per heavy atom. The van der Waals surface area contributed by atoms with Gasteiger partial charge in [-0.05, 0) is 32.6 Å². The zero-order valence-electron chi connectivity index (χ0n) is 9.42. The highest BCUT2D eigenvalue weighted by atomic mass is 16.2. The summed E-state index contributed by atoms with van der Waals surface area (Å²) >= 11 is 0. The Balaban J connectivity index is 2.01. The molecule has 0 aromatic carbocycles. The minimum atomic E-state index is 0.0899. The number of hydrogen-bond donors (Lipinski definition) is 2. The second kappa shape index (κ2) is 3.68. The lowest BCUT2D eigenvalue weighted by Crippen LogP contribution is -2.22. The van der Waals surface area contributed by atoms with Gasteiger partial charge in [0.2, 0.25) is 5.91 Å². The first-order valence-corrected chi connectivity index (χ1v) is 5.42. The van der Waals surface area contributed by atoms with E-state index >= 15 is 0 Å². The number of amides is 1. The van der Waals surface area contributed by atoms with Crippen molar-refractivity contribution in [3.63, 3.8) is 0 Å². The topological polar surface area (TPSA) is 57.8 Å². The molecule has 4 heteroatoms. The summed E-state index contributed by atoms with van der Waals surface area (Å²) in [5.41, 5.74) is 2.02. The van der Waals surface area contributed by atoms with E-state index in [9.17, 15) is 4.79 Å². The van der Waals surface area contributed by atoms with Gasteiger partial charge in [0.1, 0.15) is 0 Å². The number of H-pyrrole nitrogens is 1. The first-order valence-electron chi connectivity index (χ1n) is 5.42. The van der Waals surface area contributed by atoms with Crippen LogP contribution in [0.1, 0.15) is 31.0 Å². The Bertz CT molecular complexity index is 379. The Labute approximate surface area is 89.5 Å². The molecule has 1 aromatic heterocycles. The Morgan fingerprint density at radius 1 is 1.53 bits per heavy atom. The molecule has 2 N–H and O–H groups in total. The van der Waals surface area contributed by atoms with Crippen LogP contribution in [0.15, 0.2) is 0 Å². The lowest BCUT2D eigenvalue weighted by atomic mass is 10.1. The first kappa shape index (κ1) is 10.2. The van der Waals surface area contributed by atoms with E-state index in [1.54, 1.807) is 0 Å². The second-order valence-corrected chi connectivity index (χ2v) is 4.44. The average molecular weight is 207 g/mol. The van der Waals surface area contributed by atoms with Crippen molar-refractivity contribution in [1.29, 1.82) is 0 Å². The number of carbonyl (C=O) groups is 1. The molecule has 1 heterocycles. The van der Waals surface area contributed by atoms with Crippen LogP contribution < -0.4 is 5.32 Å². The van der Waals surface area contributed by atoms with Crippen LogP contribution in [0.5, 0.6) is 0 Å². The molecule has 1 unspecified atom stereocenters. The number of aromatic nitrogens is 2. The molecule has 0 spiro atoms. The summed E-state index contributed by atoms with van der Waals surface area (Å²) in [4.78, 5) is 11.8. The SMILES string of the molecule is Cc1[nH]nc(NC(=O)C(C)C2CC2)c1C. The maximum atomic E-state index is 11.8. The number of carbonyl (C=O) groups excluding carboxylic acids is 1. The lowest BCUT2D eigenvalue weighted by molar-refractivity contribution is -0.119. The third-order valence-electron chi connectivity index (χ3n) is 3.24. The molecule has 1 fully saturated rings. The smallest absolute Gasteiger partial charge is 0.228 e. The molecule has 0 radical (unpaired) electrons. The summed E-state index contributed by atoms with van der Waals surface area (Å²) in [6, 6.07) is 0. The molecular formula is C11H17N3O. The number of nitrogens with one attached hydrogen (secondary N) is 2. The van der Waals surface area contributed by atoms with Crippen molar-refractivity contribution in [2.24, 2.45) is 11.8 Å². The van der Waals surface area contributed by atoms with Crippen molar-refractivity contribution >= 4 is 11.7 Å². The van der Waals surface area contributed by atoms with Gasteiger partial charge in [0.25, 0.3) is 0 Å². The van der Waals surface area contributed by atoms with E-state index in [-0.39, 0.29) is 11.8 Å². The third kappa shape index (κ3) is 2.03. The van der Waals surface area contributed by atoms with Gasteiger partial charge in [0, 0.05) is 17.2 Å². The summed E-state index contributed by atoms with van der Waals surface area (Å²) in [6.07, 6.45) is 2.38. The Morgan fingerprint density at radius 2 is 2.20 bits per heavy atom. The van der Waals surface area contributed by atoms with Crippen molar-refractivity contribution in [2.45, 2.75) is 33.6 Å². The van der Waals surface area contributed by atoms with Gasteiger partial charge in [0.05, 0.1) is 0 Å². The molecular weight excluding hydrogens is 190 g/mol. The summed E-state index contributed by atoms with van der Waals surface area (Å²) in [5.74, 6) is 1.46. The third-order valence-corrected chi connectivity index (χ3v) is 3.24. The summed E-state index contributed by atoms with van der Waals surface area (Å²) < 4.78 is 0. The van der Waals surface area contributed by atoms with E-state index in [2.05, 4.69) is 15.5 Å². The molecule has 1 saturated carbocycles. The van der Waals surface area contributed by atoms with Crippen LogP contribution in [0.3, 0.4) is 0 Å². The van der Waals surface area contributed by atoms with Crippen LogP contribution in [0, 0.1) is 25.7 Å². The molecule has 1 atom stereocenters. The summed E-state index contributed by atoms with van der Waals surface area (Å²) in [6.45, 7) is 5.89. The van der Waals surface area contributed by atoms with Gasteiger partial charge in [-0.3, -0.25) is 9.89 Å². The van der Waals surface area contributed by atoms with E-state index in [4.69, 9.17) is 0 Å². The van der Waals surface area contributed by atoms with Crippen molar-refractivity contribution in [2.75, 3.05) is 5.32 Å². The monoisotopic (exact) mass is 207 g/mol. The molecule has 0 bridgehead atoms. The van der Waals surface area contributed by atoms with Crippen molar-refractivity contribution in [1.82, 2.24) is 10.2 Å². The van der Waals surface area contributed by atoms with Gasteiger partial charge in [0.15, 0.2) is 5.82 Å². The van der Waals surface area contributed by atoms with Crippen LogP contribution in [0.2, 0.25) is 0 Å². The molecule has 82 valence electrons. The molecule has 4 nitrogen and oxygen atoms in total. The highest BCUT2D eigenvalue weighted by Crippen LogP contribution is 2.37. The van der Waals surface area contributed by atoms with Gasteiger partial charge in [-0.25, -0.2) is 0 Å². The zero-order chi connectivity index (χ0) is 11.0. The highest BCUT2D eigenvalue weighted by Gasteiger charge is 2.32. The lowest BCUT2D eigenvalue weighted by Gasteiger charge is -2.09. The van der Waals surface area contributed by atoms with Gasteiger partial charge in [-0.1, -0.05) is 6.92 Å². The number of aryl methyl sites for hydroxylation is 1. The van der Waals surface area contributed by atoms with E-state index in [0.29, 0.717) is 11.7 Å². The Hall–Kier alpha value is -1.32. The molecule has 0 saturated heterocycles. The predicted molar refractivity (Wildman–Crippen MR) is 58.6 cm³/mol. The van der Waals surface area contributed by atoms with E-state index in [0.717, 1.165) is 11.3 Å². The molecule has 2 rings (SSSR count). The minimum absolute atomic E-state index is 0.0899. The second-order valence-electron chi connectivity index (χ2n) is 4.44. The van der Waals surface area contributed by atoms with Crippen LogP contribution in [0.25, 0.3) is 0 Å². The number of nitrogens with zero attached hydrogens (tertiary/aromatic N) is 1. The first-order chi connectivity index (χ1) is 7.09. The number of rotatable bonds is 3. The van der Waals surface area contributed by atoms with Crippen molar-refractivity contribution < 1.29 is 4.79 Å². The predicted octanol–water partition coefficient (Wildman–Crippen LogP) is 2.01. The maximum absolute atomic E-state index is 11.8. The van der Waals surface area contributed by atoms with Gasteiger partial charge in [-0.2, -0.15) is 5.10 Å². The standard InChI is InChI=1S/C11H17N3O/c1-6-8(3)13-14-10(6)12-11(15)7(2)9-4-5-9/h7,9H,4-5H2,1-3H3,(H2,12,13,14,15). The Kier molecular flexibility index (Phi) is 2.50. The van der Waals surface area contributed by atoms with E-state index in [1.165, 1.54) is 12.8 Å².